The molecular formula is C13H26O4Si. The van der Waals surface area contributed by atoms with Gasteiger partial charge >= 0.3 is 5.97 Å². The molecule has 0 spiro atoms. The summed E-state index contributed by atoms with van der Waals surface area (Å²) in [5.41, 5.74) is 0. The van der Waals surface area contributed by atoms with E-state index in [9.17, 15) is 9.59 Å². The summed E-state index contributed by atoms with van der Waals surface area (Å²) in [5, 5.41) is 0.193. The molecule has 0 atom stereocenters. The number of esters is 1. The molecule has 0 aromatic carbocycles. The zero-order valence-corrected chi connectivity index (χ0v) is 13.5. The second kappa shape index (κ2) is 7.04. The fourth-order valence-electron chi connectivity index (χ4n) is 1.04. The maximum atomic E-state index is 11.1. The SMILES string of the molecule is CC(=O)CC(=O)OCCCO[Si](C)(C)C(C)(C)C. The van der Waals surface area contributed by atoms with Crippen LogP contribution >= 0.6 is 0 Å². The van der Waals surface area contributed by atoms with E-state index in [1.165, 1.54) is 6.92 Å². The number of Topliss-reactive ketones (excluding diaryl/α,β-unsaturated/α-hetero) is 1. The number of carbonyl (C=O) groups is 2. The van der Waals surface area contributed by atoms with Crippen LogP contribution in [-0.4, -0.2) is 33.3 Å². The number of hydrogen-bond acceptors (Lipinski definition) is 4. The van der Waals surface area contributed by atoms with Crippen molar-refractivity contribution >= 4 is 20.1 Å². The summed E-state index contributed by atoms with van der Waals surface area (Å²) in [5.74, 6) is -0.618. The quantitative estimate of drug-likeness (QED) is 0.310. The first-order valence-corrected chi connectivity index (χ1v) is 9.26. The molecule has 0 aromatic rings. The van der Waals surface area contributed by atoms with E-state index in [-0.39, 0.29) is 17.2 Å². The maximum absolute atomic E-state index is 11.1. The summed E-state index contributed by atoms with van der Waals surface area (Å²) in [6.07, 6.45) is 0.541. The van der Waals surface area contributed by atoms with Gasteiger partial charge in [0, 0.05) is 13.0 Å². The molecule has 5 heteroatoms. The van der Waals surface area contributed by atoms with E-state index in [1.807, 2.05) is 0 Å². The van der Waals surface area contributed by atoms with Gasteiger partial charge in [-0.25, -0.2) is 0 Å². The summed E-state index contributed by atoms with van der Waals surface area (Å²) in [4.78, 5) is 21.8. The highest BCUT2D eigenvalue weighted by molar-refractivity contribution is 6.74. The fraction of sp³-hybridized carbons (Fsp3) is 0.846. The standard InChI is InChI=1S/C13H26O4Si/c1-11(14)10-12(15)16-8-7-9-17-18(5,6)13(2,3)4/h7-10H2,1-6H3. The van der Waals surface area contributed by atoms with Crippen molar-refractivity contribution in [3.63, 3.8) is 0 Å². The molecule has 0 amide bonds. The van der Waals surface area contributed by atoms with E-state index in [0.717, 1.165) is 0 Å². The van der Waals surface area contributed by atoms with Gasteiger partial charge in [0.05, 0.1) is 6.61 Å². The van der Waals surface area contributed by atoms with Crippen molar-refractivity contribution < 1.29 is 18.8 Å². The number of hydrogen-bond donors (Lipinski definition) is 0. The van der Waals surface area contributed by atoms with Crippen LogP contribution in [-0.2, 0) is 18.8 Å². The van der Waals surface area contributed by atoms with Crippen molar-refractivity contribution in [3.05, 3.63) is 0 Å². The average Bonchev–Trinajstić information content (AvgIpc) is 2.13. The number of rotatable bonds is 7. The first-order valence-electron chi connectivity index (χ1n) is 6.35. The average molecular weight is 274 g/mol. The predicted octanol–water partition coefficient (Wildman–Crippen LogP) is 2.92. The van der Waals surface area contributed by atoms with Crippen LogP contribution in [0.25, 0.3) is 0 Å². The van der Waals surface area contributed by atoms with Crippen molar-refractivity contribution in [1.29, 1.82) is 0 Å². The smallest absolute Gasteiger partial charge is 0.313 e. The summed E-state index contributed by atoms with van der Waals surface area (Å²) in [6, 6.07) is 0. The minimum atomic E-state index is -1.70. The summed E-state index contributed by atoms with van der Waals surface area (Å²) < 4.78 is 10.9. The van der Waals surface area contributed by atoms with E-state index >= 15 is 0 Å². The van der Waals surface area contributed by atoms with E-state index in [2.05, 4.69) is 33.9 Å². The highest BCUT2D eigenvalue weighted by Gasteiger charge is 2.36. The van der Waals surface area contributed by atoms with E-state index < -0.39 is 14.3 Å². The fourth-order valence-corrected chi connectivity index (χ4v) is 2.13. The third-order valence-corrected chi connectivity index (χ3v) is 7.75. The third-order valence-electron chi connectivity index (χ3n) is 3.21. The highest BCUT2D eigenvalue weighted by atomic mass is 28.4. The normalized spacial score (nSPS) is 12.3. The second-order valence-electron chi connectivity index (χ2n) is 6.06. The van der Waals surface area contributed by atoms with Crippen LogP contribution in [0.3, 0.4) is 0 Å². The van der Waals surface area contributed by atoms with Gasteiger partial charge < -0.3 is 9.16 Å². The zero-order chi connectivity index (χ0) is 14.4. The third kappa shape index (κ3) is 6.91. The summed E-state index contributed by atoms with van der Waals surface area (Å²) in [6.45, 7) is 13.2. The Morgan fingerprint density at radius 1 is 1.11 bits per heavy atom. The molecule has 0 heterocycles. The number of carbonyl (C=O) groups excluding carboxylic acids is 2. The lowest BCUT2D eigenvalue weighted by Gasteiger charge is -2.36. The molecule has 0 saturated carbocycles. The molecule has 0 rings (SSSR count). The lowest BCUT2D eigenvalue weighted by atomic mass is 10.2. The lowest BCUT2D eigenvalue weighted by molar-refractivity contribution is -0.145. The molecule has 0 unspecified atom stereocenters. The molecule has 4 nitrogen and oxygen atoms in total. The zero-order valence-electron chi connectivity index (χ0n) is 12.5. The minimum absolute atomic E-state index is 0.136. The Morgan fingerprint density at radius 3 is 2.11 bits per heavy atom. The number of ketones is 1. The molecule has 0 aromatic heterocycles. The number of ether oxygens (including phenoxy) is 1. The van der Waals surface area contributed by atoms with Gasteiger partial charge in [-0.1, -0.05) is 20.8 Å². The summed E-state index contributed by atoms with van der Waals surface area (Å²) in [7, 11) is -1.70. The molecular weight excluding hydrogens is 248 g/mol. The maximum Gasteiger partial charge on any atom is 0.313 e. The molecule has 0 fully saturated rings. The largest absolute Gasteiger partial charge is 0.465 e. The first kappa shape index (κ1) is 17.3. The predicted molar refractivity (Wildman–Crippen MR) is 74.0 cm³/mol. The van der Waals surface area contributed by atoms with E-state index in [4.69, 9.17) is 9.16 Å². The van der Waals surface area contributed by atoms with Crippen molar-refractivity contribution in [2.45, 2.75) is 58.7 Å². The Kier molecular flexibility index (Phi) is 6.77. The molecule has 0 saturated heterocycles. The van der Waals surface area contributed by atoms with Gasteiger partial charge in [-0.3, -0.25) is 9.59 Å². The molecule has 0 N–H and O–H groups in total. The van der Waals surface area contributed by atoms with Crippen LogP contribution in [0.5, 0.6) is 0 Å². The molecule has 106 valence electrons. The Balaban J connectivity index is 3.75. The Labute approximate surface area is 111 Å². The van der Waals surface area contributed by atoms with Gasteiger partial charge in [-0.15, -0.1) is 0 Å². The van der Waals surface area contributed by atoms with Crippen molar-refractivity contribution in [3.8, 4) is 0 Å². The van der Waals surface area contributed by atoms with Crippen LogP contribution in [0.1, 0.15) is 40.5 Å². The monoisotopic (exact) mass is 274 g/mol. The van der Waals surface area contributed by atoms with Crippen molar-refractivity contribution in [2.24, 2.45) is 0 Å². The van der Waals surface area contributed by atoms with Crippen LogP contribution in [0.15, 0.2) is 0 Å². The van der Waals surface area contributed by atoms with Crippen molar-refractivity contribution in [2.75, 3.05) is 13.2 Å². The van der Waals surface area contributed by atoms with Crippen LogP contribution in [0, 0.1) is 0 Å². The van der Waals surface area contributed by atoms with Gasteiger partial charge in [-0.05, 0) is 25.1 Å². The molecule has 0 aliphatic carbocycles. The van der Waals surface area contributed by atoms with E-state index in [0.29, 0.717) is 19.6 Å². The Hall–Kier alpha value is -0.683. The summed E-state index contributed by atoms with van der Waals surface area (Å²) >= 11 is 0. The van der Waals surface area contributed by atoms with Crippen LogP contribution in [0.2, 0.25) is 18.1 Å². The first-order chi connectivity index (χ1) is 8.06. The lowest BCUT2D eigenvalue weighted by Crippen LogP contribution is -2.41. The highest BCUT2D eigenvalue weighted by Crippen LogP contribution is 2.36. The Bertz CT molecular complexity index is 292. The minimum Gasteiger partial charge on any atom is -0.465 e. The van der Waals surface area contributed by atoms with Gasteiger partial charge in [0.25, 0.3) is 0 Å². The van der Waals surface area contributed by atoms with E-state index in [1.54, 1.807) is 0 Å². The van der Waals surface area contributed by atoms with Gasteiger partial charge in [0.15, 0.2) is 8.32 Å². The van der Waals surface area contributed by atoms with Gasteiger partial charge in [0.2, 0.25) is 0 Å². The van der Waals surface area contributed by atoms with Gasteiger partial charge in [0.1, 0.15) is 12.2 Å². The van der Waals surface area contributed by atoms with Crippen LogP contribution < -0.4 is 0 Å². The molecule has 0 aliphatic rings. The molecule has 18 heavy (non-hydrogen) atoms. The molecule has 0 bridgehead atoms. The van der Waals surface area contributed by atoms with Crippen molar-refractivity contribution in [1.82, 2.24) is 0 Å². The topological polar surface area (TPSA) is 52.6 Å². The molecule has 0 radical (unpaired) electrons. The Morgan fingerprint density at radius 2 is 1.67 bits per heavy atom. The van der Waals surface area contributed by atoms with Crippen LogP contribution in [0.4, 0.5) is 0 Å². The second-order valence-corrected chi connectivity index (χ2v) is 10.9. The molecule has 0 aliphatic heterocycles. The van der Waals surface area contributed by atoms with Gasteiger partial charge in [-0.2, -0.15) is 0 Å².